The molecule has 1 aromatic rings. The maximum Gasteiger partial charge on any atom is 0.101 e. The van der Waals surface area contributed by atoms with Crippen LogP contribution in [0.4, 0.5) is 5.69 Å². The van der Waals surface area contributed by atoms with Gasteiger partial charge < -0.3 is 10.4 Å². The number of rotatable bonds is 4. The molecule has 0 amide bonds. The van der Waals surface area contributed by atoms with Crippen LogP contribution in [0.25, 0.3) is 0 Å². The number of benzene rings is 1. The first kappa shape index (κ1) is 10.0. The minimum atomic E-state index is -0.281. The van der Waals surface area contributed by atoms with Crippen LogP contribution in [0.15, 0.2) is 24.3 Å². The standard InChI is InChI=1S/C12H14N2O/c13-7-10-3-1-2-4-11(10)14-8-12(15)9-5-6-9/h1-4,9,12,14-15H,5-6,8H2. The molecular formula is C12H14N2O. The summed E-state index contributed by atoms with van der Waals surface area (Å²) in [4.78, 5) is 0. The zero-order valence-corrected chi connectivity index (χ0v) is 8.48. The molecule has 0 saturated heterocycles. The zero-order chi connectivity index (χ0) is 10.7. The largest absolute Gasteiger partial charge is 0.391 e. The van der Waals surface area contributed by atoms with Crippen molar-refractivity contribution in [3.05, 3.63) is 29.8 Å². The van der Waals surface area contributed by atoms with E-state index in [4.69, 9.17) is 5.26 Å². The van der Waals surface area contributed by atoms with Crippen molar-refractivity contribution in [2.24, 2.45) is 5.92 Å². The van der Waals surface area contributed by atoms with E-state index < -0.39 is 0 Å². The Morgan fingerprint density at radius 1 is 1.47 bits per heavy atom. The van der Waals surface area contributed by atoms with Crippen LogP contribution in [0.3, 0.4) is 0 Å². The number of nitrogens with zero attached hydrogens (tertiary/aromatic N) is 1. The van der Waals surface area contributed by atoms with Crippen molar-refractivity contribution in [2.75, 3.05) is 11.9 Å². The first-order chi connectivity index (χ1) is 7.31. The molecule has 78 valence electrons. The van der Waals surface area contributed by atoms with Gasteiger partial charge in [0, 0.05) is 6.54 Å². The van der Waals surface area contributed by atoms with Crippen LogP contribution >= 0.6 is 0 Å². The molecule has 0 bridgehead atoms. The Balaban J connectivity index is 1.95. The lowest BCUT2D eigenvalue weighted by Crippen LogP contribution is -2.21. The molecule has 0 radical (unpaired) electrons. The lowest BCUT2D eigenvalue weighted by Gasteiger charge is -2.12. The molecule has 0 heterocycles. The molecule has 1 unspecified atom stereocenters. The molecule has 1 atom stereocenters. The van der Waals surface area contributed by atoms with E-state index in [2.05, 4.69) is 11.4 Å². The molecule has 15 heavy (non-hydrogen) atoms. The van der Waals surface area contributed by atoms with Gasteiger partial charge in [0.1, 0.15) is 6.07 Å². The second-order valence-corrected chi connectivity index (χ2v) is 3.94. The van der Waals surface area contributed by atoms with E-state index in [0.29, 0.717) is 18.0 Å². The van der Waals surface area contributed by atoms with E-state index in [1.807, 2.05) is 18.2 Å². The van der Waals surface area contributed by atoms with Gasteiger partial charge >= 0.3 is 0 Å². The number of nitrogens with one attached hydrogen (secondary N) is 1. The van der Waals surface area contributed by atoms with Gasteiger partial charge in [-0.15, -0.1) is 0 Å². The summed E-state index contributed by atoms with van der Waals surface area (Å²) in [6.07, 6.45) is 1.97. The number of anilines is 1. The predicted molar refractivity (Wildman–Crippen MR) is 58.4 cm³/mol. The second-order valence-electron chi connectivity index (χ2n) is 3.94. The lowest BCUT2D eigenvalue weighted by molar-refractivity contribution is 0.164. The van der Waals surface area contributed by atoms with Crippen LogP contribution in [0.2, 0.25) is 0 Å². The fraction of sp³-hybridized carbons (Fsp3) is 0.417. The van der Waals surface area contributed by atoms with Crippen LogP contribution in [-0.2, 0) is 0 Å². The molecule has 1 fully saturated rings. The Labute approximate surface area is 89.4 Å². The monoisotopic (exact) mass is 202 g/mol. The number of hydrogen-bond donors (Lipinski definition) is 2. The summed E-state index contributed by atoms with van der Waals surface area (Å²) in [5.41, 5.74) is 1.43. The highest BCUT2D eigenvalue weighted by Gasteiger charge is 2.29. The highest BCUT2D eigenvalue weighted by Crippen LogP contribution is 2.32. The summed E-state index contributed by atoms with van der Waals surface area (Å²) in [7, 11) is 0. The van der Waals surface area contributed by atoms with Gasteiger partial charge in [0.15, 0.2) is 0 Å². The number of hydrogen-bond acceptors (Lipinski definition) is 3. The Bertz CT molecular complexity index is 379. The molecule has 0 aliphatic heterocycles. The second kappa shape index (κ2) is 4.33. The van der Waals surface area contributed by atoms with Gasteiger partial charge in [0.25, 0.3) is 0 Å². The van der Waals surface area contributed by atoms with Crippen LogP contribution in [0, 0.1) is 17.2 Å². The Morgan fingerprint density at radius 3 is 2.87 bits per heavy atom. The third-order valence-corrected chi connectivity index (χ3v) is 2.72. The van der Waals surface area contributed by atoms with E-state index in [1.165, 1.54) is 0 Å². The minimum Gasteiger partial charge on any atom is -0.391 e. The molecule has 3 heteroatoms. The van der Waals surface area contributed by atoms with Crippen molar-refractivity contribution < 1.29 is 5.11 Å². The van der Waals surface area contributed by atoms with Crippen LogP contribution in [0.1, 0.15) is 18.4 Å². The third-order valence-electron chi connectivity index (χ3n) is 2.72. The number of aliphatic hydroxyl groups is 1. The van der Waals surface area contributed by atoms with Gasteiger partial charge in [-0.3, -0.25) is 0 Å². The van der Waals surface area contributed by atoms with Crippen molar-refractivity contribution in [1.82, 2.24) is 0 Å². The molecular weight excluding hydrogens is 188 g/mol. The van der Waals surface area contributed by atoms with Crippen LogP contribution < -0.4 is 5.32 Å². The van der Waals surface area contributed by atoms with Crippen LogP contribution in [-0.4, -0.2) is 17.8 Å². The molecule has 3 nitrogen and oxygen atoms in total. The molecule has 1 aliphatic carbocycles. The smallest absolute Gasteiger partial charge is 0.101 e. The van der Waals surface area contributed by atoms with Crippen molar-refractivity contribution in [3.63, 3.8) is 0 Å². The normalized spacial score (nSPS) is 16.8. The number of para-hydroxylation sites is 1. The Morgan fingerprint density at radius 2 is 2.20 bits per heavy atom. The summed E-state index contributed by atoms with van der Waals surface area (Å²) in [5.74, 6) is 0.465. The van der Waals surface area contributed by atoms with Gasteiger partial charge in [-0.1, -0.05) is 12.1 Å². The molecule has 0 spiro atoms. The average Bonchev–Trinajstić information content (AvgIpc) is 3.10. The van der Waals surface area contributed by atoms with E-state index in [0.717, 1.165) is 18.5 Å². The fourth-order valence-electron chi connectivity index (χ4n) is 1.60. The summed E-state index contributed by atoms with van der Waals surface area (Å²) in [6.45, 7) is 0.531. The quantitative estimate of drug-likeness (QED) is 0.782. The fourth-order valence-corrected chi connectivity index (χ4v) is 1.60. The van der Waals surface area contributed by atoms with E-state index >= 15 is 0 Å². The molecule has 2 rings (SSSR count). The number of nitriles is 1. The SMILES string of the molecule is N#Cc1ccccc1NCC(O)C1CC1. The van der Waals surface area contributed by atoms with Gasteiger partial charge in [-0.25, -0.2) is 0 Å². The predicted octanol–water partition coefficient (Wildman–Crippen LogP) is 1.74. The van der Waals surface area contributed by atoms with Gasteiger partial charge in [-0.05, 0) is 30.9 Å². The van der Waals surface area contributed by atoms with Gasteiger partial charge in [0.05, 0.1) is 17.4 Å². The Hall–Kier alpha value is -1.53. The molecule has 1 saturated carbocycles. The van der Waals surface area contributed by atoms with Crippen LogP contribution in [0.5, 0.6) is 0 Å². The van der Waals surface area contributed by atoms with Crippen molar-refractivity contribution in [3.8, 4) is 6.07 Å². The summed E-state index contributed by atoms with van der Waals surface area (Å²) >= 11 is 0. The van der Waals surface area contributed by atoms with Crippen molar-refractivity contribution in [1.29, 1.82) is 5.26 Å². The molecule has 2 N–H and O–H groups in total. The maximum atomic E-state index is 9.67. The Kier molecular flexibility index (Phi) is 2.89. The van der Waals surface area contributed by atoms with E-state index in [9.17, 15) is 5.11 Å². The summed E-state index contributed by atoms with van der Waals surface area (Å²) < 4.78 is 0. The number of aliphatic hydroxyl groups excluding tert-OH is 1. The summed E-state index contributed by atoms with van der Waals surface area (Å²) in [6, 6.07) is 9.47. The van der Waals surface area contributed by atoms with Gasteiger partial charge in [-0.2, -0.15) is 5.26 Å². The molecule has 1 aliphatic rings. The topological polar surface area (TPSA) is 56.0 Å². The molecule has 1 aromatic carbocycles. The highest BCUT2D eigenvalue weighted by molar-refractivity contribution is 5.57. The average molecular weight is 202 g/mol. The van der Waals surface area contributed by atoms with Crippen molar-refractivity contribution in [2.45, 2.75) is 18.9 Å². The van der Waals surface area contributed by atoms with E-state index in [-0.39, 0.29) is 6.10 Å². The van der Waals surface area contributed by atoms with E-state index in [1.54, 1.807) is 6.07 Å². The minimum absolute atomic E-state index is 0.281. The summed E-state index contributed by atoms with van der Waals surface area (Å²) in [5, 5.41) is 21.6. The highest BCUT2D eigenvalue weighted by atomic mass is 16.3. The maximum absolute atomic E-state index is 9.67. The van der Waals surface area contributed by atoms with Gasteiger partial charge in [0.2, 0.25) is 0 Å². The molecule has 0 aromatic heterocycles. The zero-order valence-electron chi connectivity index (χ0n) is 8.48. The first-order valence-electron chi connectivity index (χ1n) is 5.22. The third kappa shape index (κ3) is 2.48. The first-order valence-corrected chi connectivity index (χ1v) is 5.22. The lowest BCUT2D eigenvalue weighted by atomic mass is 10.2. The van der Waals surface area contributed by atoms with Crippen molar-refractivity contribution >= 4 is 5.69 Å².